The number of aromatic nitrogens is 1. The van der Waals surface area contributed by atoms with Gasteiger partial charge in [-0.15, -0.1) is 0 Å². The van der Waals surface area contributed by atoms with Crippen molar-refractivity contribution in [2.24, 2.45) is 5.92 Å². The summed E-state index contributed by atoms with van der Waals surface area (Å²) < 4.78 is 0. The van der Waals surface area contributed by atoms with Crippen LogP contribution in [0.15, 0.2) is 24.4 Å². The number of hydrogen-bond donors (Lipinski definition) is 2. The van der Waals surface area contributed by atoms with E-state index < -0.39 is 0 Å². The van der Waals surface area contributed by atoms with E-state index in [0.29, 0.717) is 18.7 Å². The first-order valence-electron chi connectivity index (χ1n) is 4.65. The van der Waals surface area contributed by atoms with Gasteiger partial charge in [0.1, 0.15) is 5.82 Å². The molecule has 74 valence electrons. The molecule has 2 rings (SSSR count). The summed E-state index contributed by atoms with van der Waals surface area (Å²) in [5.41, 5.74) is 0. The molecule has 1 saturated carbocycles. The van der Waals surface area contributed by atoms with Crippen molar-refractivity contribution in [2.75, 3.05) is 5.32 Å². The van der Waals surface area contributed by atoms with E-state index in [9.17, 15) is 4.79 Å². The second-order valence-electron chi connectivity index (χ2n) is 3.53. The monoisotopic (exact) mass is 192 g/mol. The van der Waals surface area contributed by atoms with Crippen molar-refractivity contribution in [1.82, 2.24) is 4.98 Å². The van der Waals surface area contributed by atoms with Crippen LogP contribution in [-0.4, -0.2) is 22.1 Å². The fourth-order valence-electron chi connectivity index (χ4n) is 1.47. The number of amides is 1. The van der Waals surface area contributed by atoms with E-state index in [1.807, 2.05) is 6.07 Å². The molecule has 14 heavy (non-hydrogen) atoms. The highest BCUT2D eigenvalue weighted by atomic mass is 16.3. The minimum Gasteiger partial charge on any atom is -0.393 e. The molecule has 1 fully saturated rings. The van der Waals surface area contributed by atoms with Crippen LogP contribution in [0.3, 0.4) is 0 Å². The van der Waals surface area contributed by atoms with E-state index in [0.717, 1.165) is 0 Å². The predicted octanol–water partition coefficient (Wildman–Crippen LogP) is 0.791. The zero-order valence-electron chi connectivity index (χ0n) is 7.68. The van der Waals surface area contributed by atoms with E-state index in [1.54, 1.807) is 18.3 Å². The summed E-state index contributed by atoms with van der Waals surface area (Å²) in [4.78, 5) is 15.5. The lowest BCUT2D eigenvalue weighted by Gasteiger charge is -2.29. The molecular formula is C10H12N2O2. The van der Waals surface area contributed by atoms with Gasteiger partial charge >= 0.3 is 0 Å². The quantitative estimate of drug-likeness (QED) is 0.728. The zero-order valence-corrected chi connectivity index (χ0v) is 7.68. The van der Waals surface area contributed by atoms with Gasteiger partial charge in [-0.3, -0.25) is 4.79 Å². The SMILES string of the molecule is O=C(Nc1ccccn1)[C@H]1C[C@H](O)C1. The summed E-state index contributed by atoms with van der Waals surface area (Å²) in [7, 11) is 0. The van der Waals surface area contributed by atoms with Crippen molar-refractivity contribution in [2.45, 2.75) is 18.9 Å². The summed E-state index contributed by atoms with van der Waals surface area (Å²) in [6.45, 7) is 0. The normalized spacial score (nSPS) is 25.2. The average molecular weight is 192 g/mol. The molecule has 1 heterocycles. The Labute approximate surface area is 82.0 Å². The molecule has 2 N–H and O–H groups in total. The molecule has 1 aromatic rings. The van der Waals surface area contributed by atoms with E-state index >= 15 is 0 Å². The van der Waals surface area contributed by atoms with Crippen LogP contribution in [0, 0.1) is 5.92 Å². The minimum atomic E-state index is -0.297. The molecule has 1 amide bonds. The van der Waals surface area contributed by atoms with Gasteiger partial charge in [-0.25, -0.2) is 4.98 Å². The molecule has 1 aromatic heterocycles. The minimum absolute atomic E-state index is 0.0472. The van der Waals surface area contributed by atoms with Gasteiger partial charge in [-0.05, 0) is 25.0 Å². The highest BCUT2D eigenvalue weighted by Gasteiger charge is 2.33. The first-order chi connectivity index (χ1) is 6.75. The molecule has 0 saturated heterocycles. The first-order valence-corrected chi connectivity index (χ1v) is 4.65. The highest BCUT2D eigenvalue weighted by Crippen LogP contribution is 2.27. The van der Waals surface area contributed by atoms with E-state index in [2.05, 4.69) is 10.3 Å². The third-order valence-electron chi connectivity index (χ3n) is 2.40. The topological polar surface area (TPSA) is 62.2 Å². The van der Waals surface area contributed by atoms with Gasteiger partial charge in [0.25, 0.3) is 0 Å². The van der Waals surface area contributed by atoms with Gasteiger partial charge in [0, 0.05) is 12.1 Å². The highest BCUT2D eigenvalue weighted by molar-refractivity contribution is 5.92. The molecule has 0 atom stereocenters. The Morgan fingerprint density at radius 3 is 2.86 bits per heavy atom. The van der Waals surface area contributed by atoms with Gasteiger partial charge in [0.15, 0.2) is 0 Å². The summed E-state index contributed by atoms with van der Waals surface area (Å²) >= 11 is 0. The molecule has 1 aliphatic rings. The zero-order chi connectivity index (χ0) is 9.97. The number of aliphatic hydroxyl groups is 1. The van der Waals surface area contributed by atoms with Gasteiger partial charge in [0.05, 0.1) is 6.10 Å². The molecule has 0 unspecified atom stereocenters. The Hall–Kier alpha value is -1.42. The molecule has 0 radical (unpaired) electrons. The Kier molecular flexibility index (Phi) is 2.45. The van der Waals surface area contributed by atoms with Gasteiger partial charge < -0.3 is 10.4 Å². The standard InChI is InChI=1S/C10H12N2O2/c13-8-5-7(6-8)10(14)12-9-3-1-2-4-11-9/h1-4,7-8,13H,5-6H2,(H,11,12,14)/t7-,8-. The first kappa shape index (κ1) is 9.15. The van der Waals surface area contributed by atoms with Crippen molar-refractivity contribution in [3.8, 4) is 0 Å². The fourth-order valence-corrected chi connectivity index (χ4v) is 1.47. The number of rotatable bonds is 2. The van der Waals surface area contributed by atoms with Crippen LogP contribution in [0.5, 0.6) is 0 Å². The maximum atomic E-state index is 11.5. The molecule has 0 bridgehead atoms. The van der Waals surface area contributed by atoms with Crippen LogP contribution < -0.4 is 5.32 Å². The second kappa shape index (κ2) is 3.75. The van der Waals surface area contributed by atoms with Crippen LogP contribution in [0.2, 0.25) is 0 Å². The van der Waals surface area contributed by atoms with Crippen LogP contribution >= 0.6 is 0 Å². The average Bonchev–Trinajstić information content (AvgIpc) is 2.14. The summed E-state index contributed by atoms with van der Waals surface area (Å²) in [5.74, 6) is 0.472. The Morgan fingerprint density at radius 2 is 2.29 bits per heavy atom. The number of carbonyl (C=O) groups is 1. The number of anilines is 1. The maximum absolute atomic E-state index is 11.5. The molecule has 1 aliphatic carbocycles. The molecule has 4 nitrogen and oxygen atoms in total. The third kappa shape index (κ3) is 1.90. The van der Waals surface area contributed by atoms with E-state index in [1.165, 1.54) is 0 Å². The molecule has 0 aromatic carbocycles. The number of nitrogens with zero attached hydrogens (tertiary/aromatic N) is 1. The van der Waals surface area contributed by atoms with Crippen molar-refractivity contribution in [3.05, 3.63) is 24.4 Å². The maximum Gasteiger partial charge on any atom is 0.228 e. The molecule has 4 heteroatoms. The Balaban J connectivity index is 1.89. The number of aliphatic hydroxyl groups excluding tert-OH is 1. The van der Waals surface area contributed by atoms with Crippen LogP contribution in [0.1, 0.15) is 12.8 Å². The third-order valence-corrected chi connectivity index (χ3v) is 2.40. The lowest BCUT2D eigenvalue weighted by atomic mass is 9.82. The molecular weight excluding hydrogens is 180 g/mol. The van der Waals surface area contributed by atoms with Crippen LogP contribution in [0.4, 0.5) is 5.82 Å². The molecule has 0 aliphatic heterocycles. The number of nitrogens with one attached hydrogen (secondary N) is 1. The predicted molar refractivity (Wildman–Crippen MR) is 51.6 cm³/mol. The summed E-state index contributed by atoms with van der Waals surface area (Å²) in [5, 5.41) is 11.7. The van der Waals surface area contributed by atoms with Crippen molar-refractivity contribution in [3.63, 3.8) is 0 Å². The summed E-state index contributed by atoms with van der Waals surface area (Å²) in [6.07, 6.45) is 2.47. The van der Waals surface area contributed by atoms with E-state index in [-0.39, 0.29) is 17.9 Å². The van der Waals surface area contributed by atoms with Crippen molar-refractivity contribution >= 4 is 11.7 Å². The van der Waals surface area contributed by atoms with Crippen molar-refractivity contribution in [1.29, 1.82) is 0 Å². The Morgan fingerprint density at radius 1 is 1.50 bits per heavy atom. The molecule has 0 spiro atoms. The largest absolute Gasteiger partial charge is 0.393 e. The second-order valence-corrected chi connectivity index (χ2v) is 3.53. The number of hydrogen-bond acceptors (Lipinski definition) is 3. The fraction of sp³-hybridized carbons (Fsp3) is 0.400. The number of carbonyl (C=O) groups excluding carboxylic acids is 1. The van der Waals surface area contributed by atoms with Crippen LogP contribution in [0.25, 0.3) is 0 Å². The lowest BCUT2D eigenvalue weighted by molar-refractivity contribution is -0.126. The number of pyridine rings is 1. The van der Waals surface area contributed by atoms with Crippen molar-refractivity contribution < 1.29 is 9.90 Å². The summed E-state index contributed by atoms with van der Waals surface area (Å²) in [6, 6.07) is 5.36. The van der Waals surface area contributed by atoms with Gasteiger partial charge in [0.2, 0.25) is 5.91 Å². The van der Waals surface area contributed by atoms with Gasteiger partial charge in [-0.2, -0.15) is 0 Å². The Bertz CT molecular complexity index is 320. The lowest BCUT2D eigenvalue weighted by Crippen LogP contribution is -2.37. The van der Waals surface area contributed by atoms with Gasteiger partial charge in [-0.1, -0.05) is 6.07 Å². The van der Waals surface area contributed by atoms with Crippen LogP contribution in [-0.2, 0) is 4.79 Å². The smallest absolute Gasteiger partial charge is 0.228 e. The van der Waals surface area contributed by atoms with E-state index in [4.69, 9.17) is 5.11 Å².